The molecule has 0 atom stereocenters. The summed E-state index contributed by atoms with van der Waals surface area (Å²) in [6.07, 6.45) is 2.89. The van der Waals surface area contributed by atoms with E-state index >= 15 is 0 Å². The molecule has 1 heterocycles. The Balaban J connectivity index is 2.26. The number of benzene rings is 1. The monoisotopic (exact) mass is 301 g/mol. The van der Waals surface area contributed by atoms with E-state index < -0.39 is 0 Å². The number of nitrogens with one attached hydrogen (secondary N) is 1. The van der Waals surface area contributed by atoms with Crippen LogP contribution in [0.5, 0.6) is 0 Å². The van der Waals surface area contributed by atoms with Crippen molar-refractivity contribution in [1.29, 1.82) is 0 Å². The first-order valence-corrected chi connectivity index (χ1v) is 7.55. The van der Waals surface area contributed by atoms with Crippen molar-refractivity contribution < 1.29 is 14.1 Å². The van der Waals surface area contributed by atoms with E-state index in [0.29, 0.717) is 12.1 Å². The van der Waals surface area contributed by atoms with Gasteiger partial charge >= 0.3 is 7.12 Å². The maximum absolute atomic E-state index is 10.7. The van der Waals surface area contributed by atoms with Gasteiger partial charge in [-0.3, -0.25) is 4.79 Å². The van der Waals surface area contributed by atoms with E-state index in [1.165, 1.54) is 0 Å². The van der Waals surface area contributed by atoms with Crippen LogP contribution in [0.15, 0.2) is 29.7 Å². The van der Waals surface area contributed by atoms with E-state index in [9.17, 15) is 4.79 Å². The van der Waals surface area contributed by atoms with E-state index in [1.54, 1.807) is 12.1 Å². The molecule has 1 N–H and O–H groups in total. The normalized spacial score (nSPS) is 20.2. The molecule has 1 fully saturated rings. The maximum atomic E-state index is 10.7. The molecule has 0 aliphatic carbocycles. The third-order valence-electron chi connectivity index (χ3n) is 4.36. The smallest absolute Gasteiger partial charge is 0.400 e. The van der Waals surface area contributed by atoms with Crippen LogP contribution in [0.3, 0.4) is 0 Å². The molecule has 2 rings (SSSR count). The van der Waals surface area contributed by atoms with Gasteiger partial charge in [0, 0.05) is 12.1 Å². The maximum Gasteiger partial charge on any atom is 0.491 e. The molecule has 5 heteroatoms. The zero-order chi connectivity index (χ0) is 16.4. The molecular formula is C17H24BNO3. The van der Waals surface area contributed by atoms with Gasteiger partial charge in [-0.1, -0.05) is 30.3 Å². The number of likely N-dealkylation sites (N-methyl/N-ethyl adjacent to an activating group) is 1. The van der Waals surface area contributed by atoms with Gasteiger partial charge in [-0.05, 0) is 45.8 Å². The Bertz CT molecular complexity index is 548. The van der Waals surface area contributed by atoms with Gasteiger partial charge in [0.2, 0.25) is 0 Å². The molecule has 1 aromatic carbocycles. The number of carbonyl (C=O) groups excluding carboxylic acids is 1. The van der Waals surface area contributed by atoms with E-state index in [-0.39, 0.29) is 18.3 Å². The second-order valence-corrected chi connectivity index (χ2v) is 6.62. The molecule has 0 amide bonds. The number of rotatable bonds is 5. The molecule has 1 aliphatic heterocycles. The summed E-state index contributed by atoms with van der Waals surface area (Å²) in [4.78, 5) is 10.7. The van der Waals surface area contributed by atoms with Crippen LogP contribution in [-0.4, -0.2) is 38.2 Å². The summed E-state index contributed by atoms with van der Waals surface area (Å²) >= 11 is 0. The Morgan fingerprint density at radius 3 is 2.05 bits per heavy atom. The van der Waals surface area contributed by atoms with E-state index in [4.69, 9.17) is 9.31 Å². The quantitative estimate of drug-likeness (QED) is 0.671. The fourth-order valence-corrected chi connectivity index (χ4v) is 2.29. The zero-order valence-electron chi connectivity index (χ0n) is 14.0. The third-order valence-corrected chi connectivity index (χ3v) is 4.36. The van der Waals surface area contributed by atoms with Gasteiger partial charge in [-0.15, -0.1) is 0 Å². The number of aldehydes is 1. The highest BCUT2D eigenvalue weighted by Crippen LogP contribution is 2.38. The molecule has 1 saturated heterocycles. The van der Waals surface area contributed by atoms with E-state index in [2.05, 4.69) is 5.32 Å². The first kappa shape index (κ1) is 16.9. The SMILES string of the molecule is CNCC(=Cc1ccc(C=O)cc1)B1OC(C)(C)C(C)(C)O1. The van der Waals surface area contributed by atoms with E-state index in [0.717, 1.165) is 17.3 Å². The molecule has 0 radical (unpaired) electrons. The number of hydrogen-bond acceptors (Lipinski definition) is 4. The number of carbonyl (C=O) groups is 1. The molecular weight excluding hydrogens is 277 g/mol. The molecule has 0 unspecified atom stereocenters. The Morgan fingerprint density at radius 2 is 1.59 bits per heavy atom. The molecule has 4 nitrogen and oxygen atoms in total. The van der Waals surface area contributed by atoms with Gasteiger partial charge < -0.3 is 14.6 Å². The molecule has 1 aliphatic rings. The van der Waals surface area contributed by atoms with Crippen molar-refractivity contribution in [2.75, 3.05) is 13.6 Å². The summed E-state index contributed by atoms with van der Waals surface area (Å²) in [5.41, 5.74) is 2.01. The third kappa shape index (κ3) is 3.48. The summed E-state index contributed by atoms with van der Waals surface area (Å²) in [7, 11) is 1.53. The predicted molar refractivity (Wildman–Crippen MR) is 89.8 cm³/mol. The minimum absolute atomic E-state index is 0.355. The lowest BCUT2D eigenvalue weighted by atomic mass is 9.77. The van der Waals surface area contributed by atoms with Gasteiger partial charge in [-0.25, -0.2) is 0 Å². The largest absolute Gasteiger partial charge is 0.491 e. The summed E-state index contributed by atoms with van der Waals surface area (Å²) in [6.45, 7) is 8.85. The minimum Gasteiger partial charge on any atom is -0.400 e. The van der Waals surface area contributed by atoms with Crippen molar-refractivity contribution in [1.82, 2.24) is 5.32 Å². The van der Waals surface area contributed by atoms with Crippen molar-refractivity contribution in [3.63, 3.8) is 0 Å². The summed E-state index contributed by atoms with van der Waals surface area (Å²) in [5, 5.41) is 3.16. The van der Waals surface area contributed by atoms with Crippen LogP contribution in [0, 0.1) is 0 Å². The molecule has 1 aromatic rings. The molecule has 0 aromatic heterocycles. The molecule has 0 bridgehead atoms. The van der Waals surface area contributed by atoms with Crippen LogP contribution in [0.2, 0.25) is 0 Å². The summed E-state index contributed by atoms with van der Waals surface area (Å²) in [5.74, 6) is 0. The Hall–Kier alpha value is -1.43. The van der Waals surface area contributed by atoms with Gasteiger partial charge in [0.25, 0.3) is 0 Å². The minimum atomic E-state index is -0.372. The summed E-state index contributed by atoms with van der Waals surface area (Å²) in [6, 6.07) is 7.45. The Labute approximate surface area is 133 Å². The zero-order valence-corrected chi connectivity index (χ0v) is 14.0. The highest BCUT2D eigenvalue weighted by molar-refractivity contribution is 6.55. The second-order valence-electron chi connectivity index (χ2n) is 6.62. The van der Waals surface area contributed by atoms with Crippen LogP contribution in [0.1, 0.15) is 43.6 Å². The first-order valence-electron chi connectivity index (χ1n) is 7.55. The Morgan fingerprint density at radius 1 is 1.09 bits per heavy atom. The fourth-order valence-electron chi connectivity index (χ4n) is 2.29. The van der Waals surface area contributed by atoms with Crippen LogP contribution in [0.25, 0.3) is 6.08 Å². The first-order chi connectivity index (χ1) is 10.3. The second kappa shape index (κ2) is 6.36. The van der Waals surface area contributed by atoms with Crippen LogP contribution in [-0.2, 0) is 9.31 Å². The highest BCUT2D eigenvalue weighted by Gasteiger charge is 2.52. The average Bonchev–Trinajstić information content (AvgIpc) is 2.68. The van der Waals surface area contributed by atoms with Crippen molar-refractivity contribution in [2.24, 2.45) is 0 Å². The van der Waals surface area contributed by atoms with Gasteiger partial charge in [0.1, 0.15) is 6.29 Å². The highest BCUT2D eigenvalue weighted by atomic mass is 16.7. The molecule has 0 spiro atoms. The van der Waals surface area contributed by atoms with Crippen LogP contribution < -0.4 is 5.32 Å². The van der Waals surface area contributed by atoms with Gasteiger partial charge in [0.15, 0.2) is 0 Å². The lowest BCUT2D eigenvalue weighted by Crippen LogP contribution is -2.41. The lowest BCUT2D eigenvalue weighted by molar-refractivity contribution is 0.00578. The molecule has 118 valence electrons. The standard InChI is InChI=1S/C17H24BNO3/c1-16(2)17(3,4)22-18(21-16)15(11-19-5)10-13-6-8-14(12-20)9-7-13/h6-10,12,19H,11H2,1-5H3. The van der Waals surface area contributed by atoms with Gasteiger partial charge in [0.05, 0.1) is 11.2 Å². The fraction of sp³-hybridized carbons (Fsp3) is 0.471. The molecule has 22 heavy (non-hydrogen) atoms. The van der Waals surface area contributed by atoms with Crippen LogP contribution in [0.4, 0.5) is 0 Å². The van der Waals surface area contributed by atoms with Crippen molar-refractivity contribution >= 4 is 19.5 Å². The van der Waals surface area contributed by atoms with Crippen LogP contribution >= 0.6 is 0 Å². The lowest BCUT2D eigenvalue weighted by Gasteiger charge is -2.32. The predicted octanol–water partition coefficient (Wildman–Crippen LogP) is 2.73. The average molecular weight is 301 g/mol. The van der Waals surface area contributed by atoms with Crippen molar-refractivity contribution in [3.05, 3.63) is 40.9 Å². The Kier molecular flexibility index (Phi) is 4.90. The summed E-state index contributed by atoms with van der Waals surface area (Å²) < 4.78 is 12.2. The van der Waals surface area contributed by atoms with Crippen molar-refractivity contribution in [3.8, 4) is 0 Å². The number of hydrogen-bond donors (Lipinski definition) is 1. The van der Waals surface area contributed by atoms with E-state index in [1.807, 2.05) is 53.0 Å². The van der Waals surface area contributed by atoms with Crippen molar-refractivity contribution in [2.45, 2.75) is 38.9 Å². The molecule has 0 saturated carbocycles. The van der Waals surface area contributed by atoms with Gasteiger partial charge in [-0.2, -0.15) is 0 Å². The topological polar surface area (TPSA) is 47.6 Å².